The Kier molecular flexibility index (Phi) is 11.4. The van der Waals surface area contributed by atoms with Crippen molar-refractivity contribution in [3.63, 3.8) is 0 Å². The molecule has 0 aliphatic rings. The zero-order valence-electron chi connectivity index (χ0n) is 21.7. The smallest absolute Gasteiger partial charge is 0.259 e. The number of fused-ring (bicyclic) bond motifs is 1. The highest BCUT2D eigenvalue weighted by Crippen LogP contribution is 2.34. The van der Waals surface area contributed by atoms with Gasteiger partial charge in [-0.1, -0.05) is 114 Å². The maximum absolute atomic E-state index is 13.0. The summed E-state index contributed by atoms with van der Waals surface area (Å²) in [7, 11) is 0. The van der Waals surface area contributed by atoms with E-state index in [1.807, 2.05) is 36.4 Å². The lowest BCUT2D eigenvalue weighted by atomic mass is 10.0. The van der Waals surface area contributed by atoms with Crippen LogP contribution >= 0.6 is 0 Å². The van der Waals surface area contributed by atoms with Crippen LogP contribution in [0.1, 0.15) is 94.3 Å². The number of carbonyl (C=O) groups is 1. The van der Waals surface area contributed by atoms with Crippen LogP contribution in [-0.4, -0.2) is 17.6 Å². The minimum absolute atomic E-state index is 0.0767. The van der Waals surface area contributed by atoms with Gasteiger partial charge in [0.15, 0.2) is 0 Å². The number of unbranched alkanes of at least 4 members (excludes halogenated alkanes) is 11. The molecule has 0 bridgehead atoms. The molecular formula is C31H42N2O3. The number of phenols is 1. The van der Waals surface area contributed by atoms with Crippen molar-refractivity contribution in [1.29, 1.82) is 0 Å². The molecular weight excluding hydrogens is 448 g/mol. The van der Waals surface area contributed by atoms with E-state index in [9.17, 15) is 9.90 Å². The van der Waals surface area contributed by atoms with Crippen molar-refractivity contribution in [2.45, 2.75) is 84.0 Å². The topological polar surface area (TPSA) is 84.6 Å². The molecule has 194 valence electrons. The van der Waals surface area contributed by atoms with E-state index in [0.29, 0.717) is 29.1 Å². The monoisotopic (exact) mass is 490 g/mol. The van der Waals surface area contributed by atoms with Gasteiger partial charge in [-0.2, -0.15) is 0 Å². The molecule has 0 heterocycles. The molecule has 0 fully saturated rings. The number of hydrogen-bond donors (Lipinski definition) is 3. The van der Waals surface area contributed by atoms with Crippen LogP contribution in [0, 0.1) is 0 Å². The summed E-state index contributed by atoms with van der Waals surface area (Å²) >= 11 is 0. The van der Waals surface area contributed by atoms with Gasteiger partial charge in [0.05, 0.1) is 17.9 Å². The van der Waals surface area contributed by atoms with E-state index in [2.05, 4.69) is 12.2 Å². The number of benzene rings is 3. The molecule has 0 saturated carbocycles. The number of aromatic hydroxyl groups is 1. The van der Waals surface area contributed by atoms with Gasteiger partial charge < -0.3 is 20.9 Å². The highest BCUT2D eigenvalue weighted by molar-refractivity contribution is 6.12. The molecule has 0 spiro atoms. The van der Waals surface area contributed by atoms with Crippen molar-refractivity contribution in [1.82, 2.24) is 0 Å². The molecule has 3 aromatic rings. The maximum atomic E-state index is 13.0. The van der Waals surface area contributed by atoms with Gasteiger partial charge in [-0.15, -0.1) is 0 Å². The molecule has 4 N–H and O–H groups in total. The molecule has 5 heteroatoms. The van der Waals surface area contributed by atoms with Gasteiger partial charge in [-0.3, -0.25) is 4.79 Å². The second-order valence-electron chi connectivity index (χ2n) is 9.60. The van der Waals surface area contributed by atoms with Crippen molar-refractivity contribution >= 4 is 28.1 Å². The molecule has 0 aliphatic heterocycles. The molecule has 3 rings (SSSR count). The SMILES string of the molecule is CCCCCCCCCCCCCCOc1ccccc1NC(=O)c1cc(N)c2ccccc2c1O. The number of hydrogen-bond acceptors (Lipinski definition) is 4. The zero-order valence-corrected chi connectivity index (χ0v) is 21.7. The Labute approximate surface area is 216 Å². The van der Waals surface area contributed by atoms with Crippen LogP contribution in [-0.2, 0) is 0 Å². The Balaban J connectivity index is 1.41. The summed E-state index contributed by atoms with van der Waals surface area (Å²) < 4.78 is 5.99. The minimum Gasteiger partial charge on any atom is -0.506 e. The molecule has 0 saturated heterocycles. The van der Waals surface area contributed by atoms with Gasteiger partial charge in [0, 0.05) is 16.5 Å². The minimum atomic E-state index is -0.425. The highest BCUT2D eigenvalue weighted by atomic mass is 16.5. The van der Waals surface area contributed by atoms with Crippen LogP contribution in [0.25, 0.3) is 10.8 Å². The number of phenolic OH excluding ortho intramolecular Hbond substituents is 1. The number of nitrogen functional groups attached to an aromatic ring is 1. The number of carbonyl (C=O) groups excluding carboxylic acids is 1. The number of nitrogens with one attached hydrogen (secondary N) is 1. The predicted octanol–water partition coefficient (Wildman–Crippen LogP) is 8.46. The van der Waals surface area contributed by atoms with Gasteiger partial charge in [0.25, 0.3) is 5.91 Å². The fourth-order valence-corrected chi connectivity index (χ4v) is 4.57. The van der Waals surface area contributed by atoms with Crippen molar-refractivity contribution in [2.24, 2.45) is 0 Å². The van der Waals surface area contributed by atoms with Gasteiger partial charge >= 0.3 is 0 Å². The average molecular weight is 491 g/mol. The van der Waals surface area contributed by atoms with Crippen LogP contribution in [0.2, 0.25) is 0 Å². The number of rotatable bonds is 16. The lowest BCUT2D eigenvalue weighted by Gasteiger charge is -2.14. The molecule has 36 heavy (non-hydrogen) atoms. The van der Waals surface area contributed by atoms with Crippen LogP contribution in [0.3, 0.4) is 0 Å². The van der Waals surface area contributed by atoms with Crippen molar-refractivity contribution in [2.75, 3.05) is 17.7 Å². The van der Waals surface area contributed by atoms with Crippen molar-refractivity contribution < 1.29 is 14.6 Å². The van der Waals surface area contributed by atoms with E-state index >= 15 is 0 Å². The normalized spacial score (nSPS) is 11.0. The summed E-state index contributed by atoms with van der Waals surface area (Å²) in [5.74, 6) is 0.126. The average Bonchev–Trinajstić information content (AvgIpc) is 2.89. The number of ether oxygens (including phenoxy) is 1. The van der Waals surface area contributed by atoms with E-state index in [4.69, 9.17) is 10.5 Å². The van der Waals surface area contributed by atoms with E-state index in [1.165, 1.54) is 70.3 Å². The quantitative estimate of drug-likeness (QED) is 0.107. The number of anilines is 2. The van der Waals surface area contributed by atoms with Gasteiger partial charge in [-0.05, 0) is 24.6 Å². The van der Waals surface area contributed by atoms with Crippen LogP contribution < -0.4 is 15.8 Å². The van der Waals surface area contributed by atoms with E-state index in [1.54, 1.807) is 12.1 Å². The lowest BCUT2D eigenvalue weighted by Crippen LogP contribution is -2.14. The number of amides is 1. The Morgan fingerprint density at radius 2 is 1.36 bits per heavy atom. The van der Waals surface area contributed by atoms with Crippen LogP contribution in [0.15, 0.2) is 54.6 Å². The maximum Gasteiger partial charge on any atom is 0.259 e. The molecule has 1 amide bonds. The first-order valence-electron chi connectivity index (χ1n) is 13.6. The Morgan fingerprint density at radius 3 is 2.03 bits per heavy atom. The molecule has 5 nitrogen and oxygen atoms in total. The van der Waals surface area contributed by atoms with E-state index < -0.39 is 5.91 Å². The van der Waals surface area contributed by atoms with E-state index in [0.717, 1.165) is 18.2 Å². The first-order valence-corrected chi connectivity index (χ1v) is 13.6. The standard InChI is InChI=1S/C31H42N2O3/c1-2-3-4-5-6-7-8-9-10-11-12-17-22-36-29-21-16-15-20-28(29)33-31(35)26-23-27(32)24-18-13-14-19-25(24)30(26)34/h13-16,18-21,23,34H,2-12,17,22,32H2,1H3,(H,33,35). The van der Waals surface area contributed by atoms with Crippen LogP contribution in [0.5, 0.6) is 11.5 Å². The third-order valence-corrected chi connectivity index (χ3v) is 6.68. The van der Waals surface area contributed by atoms with Gasteiger partial charge in [0.2, 0.25) is 0 Å². The molecule has 0 atom stereocenters. The number of nitrogens with two attached hydrogens (primary N) is 1. The molecule has 3 aromatic carbocycles. The van der Waals surface area contributed by atoms with Gasteiger partial charge in [-0.25, -0.2) is 0 Å². The largest absolute Gasteiger partial charge is 0.506 e. The Morgan fingerprint density at radius 1 is 0.806 bits per heavy atom. The number of para-hydroxylation sites is 2. The van der Waals surface area contributed by atoms with Crippen molar-refractivity contribution in [3.05, 3.63) is 60.2 Å². The summed E-state index contributed by atoms with van der Waals surface area (Å²) in [5, 5.41) is 14.8. The summed E-state index contributed by atoms with van der Waals surface area (Å²) in [6, 6.07) is 16.1. The summed E-state index contributed by atoms with van der Waals surface area (Å²) in [6.07, 6.45) is 15.6. The van der Waals surface area contributed by atoms with Crippen molar-refractivity contribution in [3.8, 4) is 11.5 Å². The molecule has 0 aliphatic carbocycles. The summed E-state index contributed by atoms with van der Waals surface area (Å²) in [6.45, 7) is 2.87. The fourth-order valence-electron chi connectivity index (χ4n) is 4.57. The fraction of sp³-hybridized carbons (Fsp3) is 0.452. The zero-order chi connectivity index (χ0) is 25.6. The second-order valence-corrected chi connectivity index (χ2v) is 9.60. The molecule has 0 aromatic heterocycles. The predicted molar refractivity (Wildman–Crippen MR) is 151 cm³/mol. The van der Waals surface area contributed by atoms with E-state index in [-0.39, 0.29) is 11.3 Å². The highest BCUT2D eigenvalue weighted by Gasteiger charge is 2.17. The Bertz CT molecular complexity index is 1100. The second kappa shape index (κ2) is 15.0. The lowest BCUT2D eigenvalue weighted by molar-refractivity contribution is 0.102. The third-order valence-electron chi connectivity index (χ3n) is 6.68. The molecule has 0 radical (unpaired) electrons. The first-order chi connectivity index (χ1) is 17.6. The Hall–Kier alpha value is -3.21. The third kappa shape index (κ3) is 8.18. The van der Waals surface area contributed by atoms with Crippen LogP contribution in [0.4, 0.5) is 11.4 Å². The van der Waals surface area contributed by atoms with Gasteiger partial charge in [0.1, 0.15) is 11.5 Å². The summed E-state index contributed by atoms with van der Waals surface area (Å²) in [4.78, 5) is 13.0. The molecule has 0 unspecified atom stereocenters. The first kappa shape index (κ1) is 27.4. The summed E-state index contributed by atoms with van der Waals surface area (Å²) in [5.41, 5.74) is 7.30.